The fraction of sp³-hybridized carbons (Fsp3) is 0.111. The molecular weight excluding hydrogens is 216 g/mol. The van der Waals surface area contributed by atoms with E-state index >= 15 is 0 Å². The van der Waals surface area contributed by atoms with E-state index in [9.17, 15) is 0 Å². The van der Waals surface area contributed by atoms with Gasteiger partial charge in [-0.05, 0) is 36.1 Å². The van der Waals surface area contributed by atoms with Crippen LogP contribution in [0.4, 0.5) is 0 Å². The van der Waals surface area contributed by atoms with E-state index in [0.717, 1.165) is 0 Å². The number of allylic oxidation sites excluding steroid dienone is 4. The molecule has 2 aromatic carbocycles. The summed E-state index contributed by atoms with van der Waals surface area (Å²) in [6.45, 7) is 4.23. The quantitative estimate of drug-likeness (QED) is 0.641. The van der Waals surface area contributed by atoms with Gasteiger partial charge in [0.2, 0.25) is 0 Å². The molecule has 0 saturated heterocycles. The first-order valence-electron chi connectivity index (χ1n) is 6.26. The zero-order chi connectivity index (χ0) is 12.8. The average Bonchev–Trinajstić information content (AvgIpc) is 2.46. The first-order valence-corrected chi connectivity index (χ1v) is 6.26. The fourth-order valence-electron chi connectivity index (χ4n) is 1.98. The Morgan fingerprint density at radius 1 is 0.778 bits per heavy atom. The molecule has 0 amide bonds. The van der Waals surface area contributed by atoms with Crippen LogP contribution in [0.2, 0.25) is 0 Å². The van der Waals surface area contributed by atoms with Crippen LogP contribution in [-0.4, -0.2) is 0 Å². The molecule has 90 valence electrons. The van der Waals surface area contributed by atoms with Gasteiger partial charge in [0.15, 0.2) is 0 Å². The third kappa shape index (κ3) is 2.98. The first-order chi connectivity index (χ1) is 8.81. The summed E-state index contributed by atoms with van der Waals surface area (Å²) in [5, 5.41) is 0. The second-order valence-corrected chi connectivity index (χ2v) is 4.30. The number of rotatable bonds is 3. The summed E-state index contributed by atoms with van der Waals surface area (Å²) >= 11 is 0. The molecule has 18 heavy (non-hydrogen) atoms. The molecule has 0 bridgehead atoms. The van der Waals surface area contributed by atoms with Crippen LogP contribution in [0.5, 0.6) is 0 Å². The van der Waals surface area contributed by atoms with Gasteiger partial charge in [-0.3, -0.25) is 0 Å². The average molecular weight is 234 g/mol. The lowest BCUT2D eigenvalue weighted by Crippen LogP contribution is -1.83. The molecular formula is C18H18. The molecule has 2 rings (SSSR count). The Bertz CT molecular complexity index is 545. The van der Waals surface area contributed by atoms with E-state index in [-0.39, 0.29) is 0 Å². The Morgan fingerprint density at radius 2 is 1.28 bits per heavy atom. The lowest BCUT2D eigenvalue weighted by molar-refractivity contribution is 1.55. The van der Waals surface area contributed by atoms with E-state index in [4.69, 9.17) is 0 Å². The fourth-order valence-corrected chi connectivity index (χ4v) is 1.98. The van der Waals surface area contributed by atoms with Crippen LogP contribution in [0, 0.1) is 0 Å². The summed E-state index contributed by atoms with van der Waals surface area (Å²) in [6.07, 6.45) is 4.40. The van der Waals surface area contributed by atoms with Gasteiger partial charge < -0.3 is 0 Å². The van der Waals surface area contributed by atoms with Gasteiger partial charge in [0, 0.05) is 0 Å². The van der Waals surface area contributed by atoms with Crippen molar-refractivity contribution in [2.45, 2.75) is 13.8 Å². The predicted octanol–water partition coefficient (Wildman–Crippen LogP) is 5.19. The SMILES string of the molecule is CC=C(C=C(C)c1ccccc1)c1ccccc1. The second kappa shape index (κ2) is 6.02. The van der Waals surface area contributed by atoms with Crippen molar-refractivity contribution in [3.8, 4) is 0 Å². The van der Waals surface area contributed by atoms with Crippen LogP contribution in [0.1, 0.15) is 25.0 Å². The highest BCUT2D eigenvalue weighted by Gasteiger charge is 1.99. The lowest BCUT2D eigenvalue weighted by Gasteiger charge is -2.05. The molecule has 0 nitrogen and oxygen atoms in total. The van der Waals surface area contributed by atoms with Gasteiger partial charge in [0.25, 0.3) is 0 Å². The van der Waals surface area contributed by atoms with Gasteiger partial charge in [0.05, 0.1) is 0 Å². The van der Waals surface area contributed by atoms with Gasteiger partial charge >= 0.3 is 0 Å². The lowest BCUT2D eigenvalue weighted by atomic mass is 10.00. The Hall–Kier alpha value is -2.08. The predicted molar refractivity (Wildman–Crippen MR) is 80.2 cm³/mol. The summed E-state index contributed by atoms with van der Waals surface area (Å²) in [4.78, 5) is 0. The third-order valence-electron chi connectivity index (χ3n) is 3.02. The summed E-state index contributed by atoms with van der Waals surface area (Å²) in [5.41, 5.74) is 5.08. The maximum absolute atomic E-state index is 2.24. The van der Waals surface area contributed by atoms with Crippen molar-refractivity contribution in [3.05, 3.63) is 83.9 Å². The van der Waals surface area contributed by atoms with Crippen LogP contribution in [0.3, 0.4) is 0 Å². The van der Waals surface area contributed by atoms with E-state index in [2.05, 4.69) is 74.5 Å². The summed E-state index contributed by atoms with van der Waals surface area (Å²) in [7, 11) is 0. The van der Waals surface area contributed by atoms with E-state index in [1.165, 1.54) is 22.3 Å². The van der Waals surface area contributed by atoms with Crippen molar-refractivity contribution in [2.75, 3.05) is 0 Å². The van der Waals surface area contributed by atoms with Crippen LogP contribution in [0.15, 0.2) is 72.8 Å². The van der Waals surface area contributed by atoms with E-state index in [1.54, 1.807) is 0 Å². The molecule has 0 radical (unpaired) electrons. The zero-order valence-corrected chi connectivity index (χ0v) is 10.9. The topological polar surface area (TPSA) is 0 Å². The van der Waals surface area contributed by atoms with Gasteiger partial charge in [-0.25, -0.2) is 0 Å². The van der Waals surface area contributed by atoms with Crippen molar-refractivity contribution < 1.29 is 0 Å². The van der Waals surface area contributed by atoms with Gasteiger partial charge in [-0.15, -0.1) is 0 Å². The summed E-state index contributed by atoms with van der Waals surface area (Å²) in [6, 6.07) is 21.0. The molecule has 0 fully saturated rings. The zero-order valence-electron chi connectivity index (χ0n) is 10.9. The largest absolute Gasteiger partial charge is 0.0798 e. The van der Waals surface area contributed by atoms with Crippen molar-refractivity contribution in [1.29, 1.82) is 0 Å². The van der Waals surface area contributed by atoms with Crippen LogP contribution >= 0.6 is 0 Å². The Morgan fingerprint density at radius 3 is 1.78 bits per heavy atom. The molecule has 2 aromatic rings. The maximum Gasteiger partial charge on any atom is -0.0187 e. The second-order valence-electron chi connectivity index (χ2n) is 4.30. The van der Waals surface area contributed by atoms with Crippen molar-refractivity contribution in [2.24, 2.45) is 0 Å². The Kier molecular flexibility index (Phi) is 4.14. The minimum absolute atomic E-state index is 1.26. The monoisotopic (exact) mass is 234 g/mol. The molecule has 0 aliphatic rings. The number of benzene rings is 2. The smallest absolute Gasteiger partial charge is 0.0187 e. The number of hydrogen-bond donors (Lipinski definition) is 0. The van der Waals surface area contributed by atoms with E-state index in [0.29, 0.717) is 0 Å². The van der Waals surface area contributed by atoms with Gasteiger partial charge in [-0.1, -0.05) is 72.8 Å². The van der Waals surface area contributed by atoms with E-state index in [1.807, 2.05) is 12.1 Å². The molecule has 0 atom stereocenters. The maximum atomic E-state index is 2.24. The molecule has 0 saturated carbocycles. The van der Waals surface area contributed by atoms with Crippen LogP contribution in [0.25, 0.3) is 11.1 Å². The van der Waals surface area contributed by atoms with Crippen molar-refractivity contribution >= 4 is 11.1 Å². The molecule has 0 heterocycles. The normalized spacial score (nSPS) is 12.6. The Labute approximate surface area is 109 Å². The Balaban J connectivity index is 2.32. The molecule has 0 aromatic heterocycles. The highest BCUT2D eigenvalue weighted by molar-refractivity contribution is 5.83. The third-order valence-corrected chi connectivity index (χ3v) is 3.02. The molecule has 0 spiro atoms. The first kappa shape index (κ1) is 12.4. The molecule has 0 N–H and O–H groups in total. The van der Waals surface area contributed by atoms with Crippen molar-refractivity contribution in [1.82, 2.24) is 0 Å². The molecule has 0 heteroatoms. The van der Waals surface area contributed by atoms with E-state index < -0.39 is 0 Å². The molecule has 0 aliphatic carbocycles. The van der Waals surface area contributed by atoms with Crippen LogP contribution in [-0.2, 0) is 0 Å². The molecule has 0 unspecified atom stereocenters. The molecule has 0 aliphatic heterocycles. The van der Waals surface area contributed by atoms with Gasteiger partial charge in [0.1, 0.15) is 0 Å². The highest BCUT2D eigenvalue weighted by Crippen LogP contribution is 2.21. The highest BCUT2D eigenvalue weighted by atomic mass is 14.0. The van der Waals surface area contributed by atoms with Gasteiger partial charge in [-0.2, -0.15) is 0 Å². The van der Waals surface area contributed by atoms with Crippen LogP contribution < -0.4 is 0 Å². The summed E-state index contributed by atoms with van der Waals surface area (Å²) < 4.78 is 0. The summed E-state index contributed by atoms with van der Waals surface area (Å²) in [5.74, 6) is 0. The standard InChI is InChI=1S/C18H18/c1-3-16(18-12-8-5-9-13-18)14-15(2)17-10-6-4-7-11-17/h3-14H,1-2H3. The number of hydrogen-bond acceptors (Lipinski definition) is 0. The van der Waals surface area contributed by atoms with Crippen molar-refractivity contribution in [3.63, 3.8) is 0 Å². The minimum Gasteiger partial charge on any atom is -0.0798 e. The minimum atomic E-state index is 1.26.